The highest BCUT2D eigenvalue weighted by molar-refractivity contribution is 5.33. The van der Waals surface area contributed by atoms with E-state index in [0.29, 0.717) is 11.1 Å². The highest BCUT2D eigenvalue weighted by atomic mass is 19.4. The summed E-state index contributed by atoms with van der Waals surface area (Å²) in [5.74, 6) is -0.797. The van der Waals surface area contributed by atoms with Crippen LogP contribution in [0.3, 0.4) is 0 Å². The normalized spacial score (nSPS) is 13.9. The summed E-state index contributed by atoms with van der Waals surface area (Å²) in [4.78, 5) is 0. The number of benzene rings is 1. The molecule has 0 aliphatic rings. The Morgan fingerprint density at radius 1 is 1.25 bits per heavy atom. The maximum Gasteiger partial charge on any atom is 0.391 e. The molecule has 1 N–H and O–H groups in total. The fraction of sp³-hybridized carbons (Fsp3) is 0.455. The summed E-state index contributed by atoms with van der Waals surface area (Å²) in [5.41, 5.74) is 0.662. The lowest BCUT2D eigenvalue weighted by molar-refractivity contribution is -0.154. The Balaban J connectivity index is 3.04. The molecule has 0 radical (unpaired) electrons. The van der Waals surface area contributed by atoms with E-state index in [9.17, 15) is 22.7 Å². The van der Waals surface area contributed by atoms with Crippen molar-refractivity contribution < 1.29 is 22.7 Å². The van der Waals surface area contributed by atoms with Gasteiger partial charge in [0.05, 0.1) is 12.5 Å². The van der Waals surface area contributed by atoms with Crippen LogP contribution in [0.25, 0.3) is 0 Å². The maximum atomic E-state index is 13.4. The second kappa shape index (κ2) is 4.41. The third kappa shape index (κ3) is 3.20. The molecule has 1 aromatic carbocycles. The van der Waals surface area contributed by atoms with Gasteiger partial charge in [-0.3, -0.25) is 0 Å². The molecule has 0 fully saturated rings. The molecule has 1 aromatic rings. The Morgan fingerprint density at radius 2 is 1.81 bits per heavy atom. The molecule has 0 aliphatic heterocycles. The smallest absolute Gasteiger partial charge is 0.388 e. The van der Waals surface area contributed by atoms with E-state index in [0.717, 1.165) is 6.07 Å². The Hall–Kier alpha value is -1.10. The molecular weight excluding hydrogens is 224 g/mol. The van der Waals surface area contributed by atoms with E-state index in [4.69, 9.17) is 0 Å². The average molecular weight is 236 g/mol. The third-order valence-electron chi connectivity index (χ3n) is 2.24. The minimum absolute atomic E-state index is 0.275. The molecular formula is C11H12F4O. The first-order chi connectivity index (χ1) is 7.20. The number of hydrogen-bond acceptors (Lipinski definition) is 1. The predicted molar refractivity (Wildman–Crippen MR) is 51.5 cm³/mol. The summed E-state index contributed by atoms with van der Waals surface area (Å²) in [7, 11) is 0. The molecule has 5 heteroatoms. The Morgan fingerprint density at radius 3 is 2.25 bits per heavy atom. The zero-order valence-electron chi connectivity index (χ0n) is 8.90. The molecule has 0 aromatic heterocycles. The molecule has 1 rings (SSSR count). The fourth-order valence-corrected chi connectivity index (χ4v) is 1.67. The first kappa shape index (κ1) is 13.0. The van der Waals surface area contributed by atoms with Crippen LogP contribution in [0.2, 0.25) is 0 Å². The summed E-state index contributed by atoms with van der Waals surface area (Å²) in [6.07, 6.45) is -7.79. The van der Waals surface area contributed by atoms with Gasteiger partial charge in [0.2, 0.25) is 0 Å². The number of halogens is 4. The molecule has 0 bridgehead atoms. The lowest BCUT2D eigenvalue weighted by atomic mass is 9.98. The molecule has 1 atom stereocenters. The number of aliphatic hydroxyl groups is 1. The van der Waals surface area contributed by atoms with Gasteiger partial charge in [0.1, 0.15) is 5.82 Å². The molecule has 1 nitrogen and oxygen atoms in total. The molecule has 0 amide bonds. The Labute approximate surface area is 90.7 Å². The van der Waals surface area contributed by atoms with Gasteiger partial charge in [-0.2, -0.15) is 13.2 Å². The van der Waals surface area contributed by atoms with E-state index < -0.39 is 24.5 Å². The van der Waals surface area contributed by atoms with Gasteiger partial charge in [0, 0.05) is 5.56 Å². The zero-order valence-corrected chi connectivity index (χ0v) is 8.90. The molecule has 0 spiro atoms. The van der Waals surface area contributed by atoms with Crippen LogP contribution in [0.15, 0.2) is 12.1 Å². The van der Waals surface area contributed by atoms with Crippen LogP contribution in [0.1, 0.15) is 29.2 Å². The number of aliphatic hydroxyl groups excluding tert-OH is 1. The van der Waals surface area contributed by atoms with Crippen molar-refractivity contribution in [2.75, 3.05) is 0 Å². The van der Waals surface area contributed by atoms with Crippen molar-refractivity contribution >= 4 is 0 Å². The van der Waals surface area contributed by atoms with Gasteiger partial charge < -0.3 is 5.11 Å². The van der Waals surface area contributed by atoms with Crippen LogP contribution >= 0.6 is 0 Å². The van der Waals surface area contributed by atoms with Gasteiger partial charge in [-0.25, -0.2) is 4.39 Å². The SMILES string of the molecule is Cc1cc(C)c(C(O)CC(F)(F)F)c(F)c1. The zero-order chi connectivity index (χ0) is 12.5. The van der Waals surface area contributed by atoms with E-state index in [1.807, 2.05) is 0 Å². The minimum Gasteiger partial charge on any atom is -0.388 e. The van der Waals surface area contributed by atoms with Crippen LogP contribution in [-0.4, -0.2) is 11.3 Å². The van der Waals surface area contributed by atoms with Gasteiger partial charge in [-0.15, -0.1) is 0 Å². The Kier molecular flexibility index (Phi) is 3.57. The fourth-order valence-electron chi connectivity index (χ4n) is 1.67. The number of rotatable bonds is 2. The van der Waals surface area contributed by atoms with Gasteiger partial charge >= 0.3 is 6.18 Å². The maximum absolute atomic E-state index is 13.4. The van der Waals surface area contributed by atoms with Crippen molar-refractivity contribution in [2.45, 2.75) is 32.5 Å². The molecule has 0 saturated heterocycles. The van der Waals surface area contributed by atoms with E-state index in [1.165, 1.54) is 13.0 Å². The van der Waals surface area contributed by atoms with Crippen LogP contribution in [0, 0.1) is 19.7 Å². The van der Waals surface area contributed by atoms with E-state index >= 15 is 0 Å². The third-order valence-corrected chi connectivity index (χ3v) is 2.24. The first-order valence-electron chi connectivity index (χ1n) is 4.72. The van der Waals surface area contributed by atoms with Gasteiger partial charge in [-0.05, 0) is 31.0 Å². The molecule has 0 heterocycles. The van der Waals surface area contributed by atoms with Gasteiger partial charge in [-0.1, -0.05) is 6.07 Å². The minimum atomic E-state index is -4.51. The lowest BCUT2D eigenvalue weighted by Crippen LogP contribution is -2.15. The molecule has 0 aliphatic carbocycles. The molecule has 16 heavy (non-hydrogen) atoms. The van der Waals surface area contributed by atoms with Gasteiger partial charge in [0.15, 0.2) is 0 Å². The van der Waals surface area contributed by atoms with Crippen molar-refractivity contribution in [2.24, 2.45) is 0 Å². The van der Waals surface area contributed by atoms with Crippen molar-refractivity contribution in [3.05, 3.63) is 34.6 Å². The van der Waals surface area contributed by atoms with Crippen molar-refractivity contribution in [3.8, 4) is 0 Å². The summed E-state index contributed by atoms with van der Waals surface area (Å²) in [6.45, 7) is 3.11. The topological polar surface area (TPSA) is 20.2 Å². The van der Waals surface area contributed by atoms with Crippen LogP contribution in [0.4, 0.5) is 17.6 Å². The first-order valence-corrected chi connectivity index (χ1v) is 4.72. The standard InChI is InChI=1S/C11H12F4O/c1-6-3-7(2)10(8(12)4-6)9(16)5-11(13,14)15/h3-4,9,16H,5H2,1-2H3. The van der Waals surface area contributed by atoms with Gasteiger partial charge in [0.25, 0.3) is 0 Å². The summed E-state index contributed by atoms with van der Waals surface area (Å²) in [6, 6.07) is 2.65. The largest absolute Gasteiger partial charge is 0.391 e. The highest BCUT2D eigenvalue weighted by Crippen LogP contribution is 2.32. The number of alkyl halides is 3. The van der Waals surface area contributed by atoms with E-state index in [-0.39, 0.29) is 5.56 Å². The average Bonchev–Trinajstić information content (AvgIpc) is 1.96. The summed E-state index contributed by atoms with van der Waals surface area (Å²) in [5, 5.41) is 9.35. The second-order valence-electron chi connectivity index (χ2n) is 3.81. The molecule has 0 saturated carbocycles. The van der Waals surface area contributed by atoms with Crippen molar-refractivity contribution in [1.82, 2.24) is 0 Å². The highest BCUT2D eigenvalue weighted by Gasteiger charge is 2.33. The number of hydrogen-bond donors (Lipinski definition) is 1. The quantitative estimate of drug-likeness (QED) is 0.780. The van der Waals surface area contributed by atoms with Crippen molar-refractivity contribution in [1.29, 1.82) is 0 Å². The van der Waals surface area contributed by atoms with Crippen LogP contribution in [-0.2, 0) is 0 Å². The second-order valence-corrected chi connectivity index (χ2v) is 3.81. The molecule has 90 valence electrons. The lowest BCUT2D eigenvalue weighted by Gasteiger charge is -2.16. The van der Waals surface area contributed by atoms with Crippen LogP contribution < -0.4 is 0 Å². The predicted octanol–water partition coefficient (Wildman–Crippen LogP) is 3.43. The number of aryl methyl sites for hydroxylation is 2. The van der Waals surface area contributed by atoms with E-state index in [1.54, 1.807) is 6.92 Å². The monoisotopic (exact) mass is 236 g/mol. The van der Waals surface area contributed by atoms with Crippen LogP contribution in [0.5, 0.6) is 0 Å². The van der Waals surface area contributed by atoms with Crippen molar-refractivity contribution in [3.63, 3.8) is 0 Å². The summed E-state index contributed by atoms with van der Waals surface area (Å²) >= 11 is 0. The Bertz CT molecular complexity index is 361. The summed E-state index contributed by atoms with van der Waals surface area (Å²) < 4.78 is 49.6. The van der Waals surface area contributed by atoms with E-state index in [2.05, 4.69) is 0 Å². The molecule has 1 unspecified atom stereocenters.